The fraction of sp³-hybridized carbons (Fsp3) is 1.00. The molecule has 3 heterocycles. The highest BCUT2D eigenvalue weighted by Crippen LogP contribution is 2.46. The highest BCUT2D eigenvalue weighted by molar-refractivity contribution is 5.09. The van der Waals surface area contributed by atoms with Crippen molar-refractivity contribution in [2.45, 2.75) is 69.5 Å². The van der Waals surface area contributed by atoms with Crippen molar-refractivity contribution in [3.63, 3.8) is 0 Å². The first kappa shape index (κ1) is 15.9. The van der Waals surface area contributed by atoms with Crippen LogP contribution in [0, 0.1) is 0 Å². The molecule has 0 aromatic carbocycles. The summed E-state index contributed by atoms with van der Waals surface area (Å²) in [6.07, 6.45) is -2.78. The van der Waals surface area contributed by atoms with Crippen LogP contribution < -0.4 is 0 Å². The number of hydrogen-bond donors (Lipinski definition) is 1. The molecule has 3 saturated heterocycles. The lowest BCUT2D eigenvalue weighted by molar-refractivity contribution is -0.246. The second kappa shape index (κ2) is 5.04. The van der Waals surface area contributed by atoms with Gasteiger partial charge in [0.15, 0.2) is 17.9 Å². The van der Waals surface area contributed by atoms with Crippen LogP contribution in [0.25, 0.3) is 10.4 Å². The van der Waals surface area contributed by atoms with E-state index in [0.29, 0.717) is 0 Å². The molecule has 3 fully saturated rings. The highest BCUT2D eigenvalue weighted by Gasteiger charge is 2.65. The Morgan fingerprint density at radius 3 is 2.45 bits per heavy atom. The van der Waals surface area contributed by atoms with Crippen LogP contribution in [-0.2, 0) is 23.7 Å². The quantitative estimate of drug-likeness (QED) is 0.473. The second-order valence-corrected chi connectivity index (χ2v) is 6.73. The first-order valence-corrected chi connectivity index (χ1v) is 7.23. The highest BCUT2D eigenvalue weighted by atomic mass is 16.8. The summed E-state index contributed by atoms with van der Waals surface area (Å²) in [5.41, 5.74) is 7.05. The Kier molecular flexibility index (Phi) is 3.65. The fourth-order valence-corrected chi connectivity index (χ4v) is 3.19. The number of hydrogen-bond acceptors (Lipinski definition) is 7. The Morgan fingerprint density at radius 2 is 1.86 bits per heavy atom. The standard InChI is InChI=1S/C13H21N3O6/c1-11(2)18-5-7(20-11)8-13(17,6-15-16-14)9-10(19-8)22-12(3,4)21-9/h7-10,17H,5-6H2,1-4H3/t7?,8-,9+,10-,13+/m1/s1. The molecule has 5 atom stereocenters. The average molecular weight is 315 g/mol. The number of rotatable bonds is 3. The molecule has 0 aromatic rings. The van der Waals surface area contributed by atoms with Crippen molar-refractivity contribution in [2.75, 3.05) is 13.2 Å². The Bertz CT molecular complexity index is 506. The van der Waals surface area contributed by atoms with E-state index in [1.165, 1.54) is 0 Å². The van der Waals surface area contributed by atoms with E-state index < -0.39 is 41.8 Å². The molecule has 0 radical (unpaired) electrons. The Labute approximate surface area is 128 Å². The Balaban J connectivity index is 1.86. The first-order valence-electron chi connectivity index (χ1n) is 7.23. The van der Waals surface area contributed by atoms with Crippen molar-refractivity contribution in [3.8, 4) is 0 Å². The summed E-state index contributed by atoms with van der Waals surface area (Å²) in [5, 5.41) is 14.6. The summed E-state index contributed by atoms with van der Waals surface area (Å²) < 4.78 is 28.5. The molecule has 0 saturated carbocycles. The Hall–Kier alpha value is -0.930. The van der Waals surface area contributed by atoms with Gasteiger partial charge in [0.25, 0.3) is 0 Å². The summed E-state index contributed by atoms with van der Waals surface area (Å²) in [7, 11) is 0. The molecule has 124 valence electrons. The molecule has 0 spiro atoms. The van der Waals surface area contributed by atoms with Gasteiger partial charge >= 0.3 is 0 Å². The van der Waals surface area contributed by atoms with Gasteiger partial charge in [0, 0.05) is 4.91 Å². The number of aliphatic hydroxyl groups is 1. The van der Waals surface area contributed by atoms with Crippen molar-refractivity contribution in [1.82, 2.24) is 0 Å². The lowest BCUT2D eigenvalue weighted by Crippen LogP contribution is -2.56. The molecule has 3 aliphatic rings. The molecule has 9 nitrogen and oxygen atoms in total. The smallest absolute Gasteiger partial charge is 0.190 e. The predicted molar refractivity (Wildman–Crippen MR) is 72.6 cm³/mol. The van der Waals surface area contributed by atoms with E-state index in [1.54, 1.807) is 27.7 Å². The normalized spacial score (nSPS) is 45.5. The molecular formula is C13H21N3O6. The number of ether oxygens (including phenoxy) is 5. The summed E-state index contributed by atoms with van der Waals surface area (Å²) >= 11 is 0. The number of azide groups is 1. The van der Waals surface area contributed by atoms with Gasteiger partial charge < -0.3 is 28.8 Å². The van der Waals surface area contributed by atoms with Gasteiger partial charge in [-0.2, -0.15) is 0 Å². The minimum atomic E-state index is -1.54. The second-order valence-electron chi connectivity index (χ2n) is 6.73. The maximum Gasteiger partial charge on any atom is 0.190 e. The van der Waals surface area contributed by atoms with Crippen LogP contribution in [0.3, 0.4) is 0 Å². The molecular weight excluding hydrogens is 294 g/mol. The van der Waals surface area contributed by atoms with E-state index in [4.69, 9.17) is 29.2 Å². The molecule has 1 unspecified atom stereocenters. The maximum absolute atomic E-state index is 11.1. The van der Waals surface area contributed by atoms with Gasteiger partial charge in [0.1, 0.15) is 23.9 Å². The van der Waals surface area contributed by atoms with Crippen molar-refractivity contribution in [1.29, 1.82) is 0 Å². The van der Waals surface area contributed by atoms with Gasteiger partial charge in [-0.25, -0.2) is 0 Å². The minimum absolute atomic E-state index is 0.199. The van der Waals surface area contributed by atoms with Crippen LogP contribution in [0.4, 0.5) is 0 Å². The van der Waals surface area contributed by atoms with Gasteiger partial charge in [-0.3, -0.25) is 0 Å². The minimum Gasteiger partial charge on any atom is -0.384 e. The monoisotopic (exact) mass is 315 g/mol. The molecule has 9 heteroatoms. The molecule has 0 bridgehead atoms. The van der Waals surface area contributed by atoms with Crippen LogP contribution >= 0.6 is 0 Å². The molecule has 0 amide bonds. The van der Waals surface area contributed by atoms with Crippen LogP contribution in [0.5, 0.6) is 0 Å². The van der Waals surface area contributed by atoms with Gasteiger partial charge in [-0.15, -0.1) is 0 Å². The van der Waals surface area contributed by atoms with E-state index >= 15 is 0 Å². The topological polar surface area (TPSA) is 115 Å². The number of nitrogens with zero attached hydrogens (tertiary/aromatic N) is 3. The van der Waals surface area contributed by atoms with E-state index in [-0.39, 0.29) is 13.2 Å². The molecule has 1 N–H and O–H groups in total. The summed E-state index contributed by atoms with van der Waals surface area (Å²) in [6, 6.07) is 0. The lowest BCUT2D eigenvalue weighted by Gasteiger charge is -2.34. The van der Waals surface area contributed by atoms with Gasteiger partial charge in [0.05, 0.1) is 13.2 Å². The van der Waals surface area contributed by atoms with Crippen molar-refractivity contribution >= 4 is 0 Å². The average Bonchev–Trinajstić information content (AvgIpc) is 2.99. The van der Waals surface area contributed by atoms with E-state index in [0.717, 1.165) is 0 Å². The van der Waals surface area contributed by atoms with Crippen molar-refractivity contribution in [3.05, 3.63) is 10.4 Å². The third-order valence-corrected chi connectivity index (χ3v) is 4.08. The number of fused-ring (bicyclic) bond motifs is 1. The summed E-state index contributed by atoms with van der Waals surface area (Å²) in [6.45, 7) is 7.09. The zero-order valence-corrected chi connectivity index (χ0v) is 13.1. The maximum atomic E-state index is 11.1. The van der Waals surface area contributed by atoms with E-state index in [9.17, 15) is 5.11 Å². The predicted octanol–water partition coefficient (Wildman–Crippen LogP) is 1.06. The van der Waals surface area contributed by atoms with Crippen LogP contribution in [0.15, 0.2) is 5.11 Å². The van der Waals surface area contributed by atoms with Crippen LogP contribution in [0.2, 0.25) is 0 Å². The third kappa shape index (κ3) is 2.59. The SMILES string of the molecule is CC1(C)OCC([C@H]2O[C@@H]3OC(C)(C)O[C@@H]3[C@]2(O)CN=[N+]=[N-])O1. The van der Waals surface area contributed by atoms with Crippen LogP contribution in [-0.4, -0.2) is 60.0 Å². The van der Waals surface area contributed by atoms with Gasteiger partial charge in [-0.1, -0.05) is 5.11 Å². The van der Waals surface area contributed by atoms with Gasteiger partial charge in [-0.05, 0) is 33.2 Å². The van der Waals surface area contributed by atoms with Gasteiger partial charge in [0.2, 0.25) is 0 Å². The zero-order chi connectivity index (χ0) is 16.2. The first-order chi connectivity index (χ1) is 10.2. The Morgan fingerprint density at radius 1 is 1.14 bits per heavy atom. The van der Waals surface area contributed by atoms with Crippen molar-refractivity contribution in [2.24, 2.45) is 5.11 Å². The largest absolute Gasteiger partial charge is 0.384 e. The molecule has 22 heavy (non-hydrogen) atoms. The molecule has 3 aliphatic heterocycles. The van der Waals surface area contributed by atoms with Crippen molar-refractivity contribution < 1.29 is 28.8 Å². The third-order valence-electron chi connectivity index (χ3n) is 4.08. The van der Waals surface area contributed by atoms with Crippen LogP contribution in [0.1, 0.15) is 27.7 Å². The molecule has 0 aliphatic carbocycles. The molecule has 3 rings (SSSR count). The summed E-state index contributed by atoms with van der Waals surface area (Å²) in [4.78, 5) is 2.73. The zero-order valence-electron chi connectivity index (χ0n) is 13.1. The molecule has 0 aromatic heterocycles. The lowest BCUT2D eigenvalue weighted by atomic mass is 9.89. The van der Waals surface area contributed by atoms with E-state index in [1.807, 2.05) is 0 Å². The summed E-state index contributed by atoms with van der Waals surface area (Å²) in [5.74, 6) is -1.64. The van der Waals surface area contributed by atoms with E-state index in [2.05, 4.69) is 10.0 Å². The fourth-order valence-electron chi connectivity index (χ4n) is 3.19.